The van der Waals surface area contributed by atoms with E-state index in [9.17, 15) is 9.59 Å². The molecule has 0 radical (unpaired) electrons. The quantitative estimate of drug-likeness (QED) is 0.721. The molecule has 0 fully saturated rings. The number of carbonyl (C=O) groups is 2. The number of unbranched alkanes of at least 4 members (excludes halogenated alkanes) is 1. The lowest BCUT2D eigenvalue weighted by atomic mass is 10.1. The zero-order valence-electron chi connectivity index (χ0n) is 12.9. The van der Waals surface area contributed by atoms with Gasteiger partial charge in [0.15, 0.2) is 0 Å². The lowest BCUT2D eigenvalue weighted by molar-refractivity contribution is -0.139. The molecule has 0 heterocycles. The van der Waals surface area contributed by atoms with Gasteiger partial charge in [0.2, 0.25) is 0 Å². The molecule has 0 bridgehead atoms. The van der Waals surface area contributed by atoms with E-state index in [1.807, 2.05) is 39.0 Å². The third kappa shape index (κ3) is 5.10. The fraction of sp³-hybridized carbons (Fsp3) is 0.500. The molecule has 5 heteroatoms. The van der Waals surface area contributed by atoms with Crippen molar-refractivity contribution in [3.63, 3.8) is 0 Å². The van der Waals surface area contributed by atoms with E-state index in [4.69, 9.17) is 5.11 Å². The Labute approximate surface area is 125 Å². The molecule has 5 nitrogen and oxygen atoms in total. The SMILES string of the molecule is CCCC[C@H](NC(=O)Nc1c(C)cccc1CC)C(=O)O. The fourth-order valence-electron chi connectivity index (χ4n) is 2.18. The monoisotopic (exact) mass is 292 g/mol. The molecular weight excluding hydrogens is 268 g/mol. The number of para-hydroxylation sites is 1. The van der Waals surface area contributed by atoms with Gasteiger partial charge in [-0.3, -0.25) is 0 Å². The molecule has 0 aliphatic heterocycles. The van der Waals surface area contributed by atoms with Gasteiger partial charge in [0.1, 0.15) is 6.04 Å². The maximum absolute atomic E-state index is 12.0. The average Bonchev–Trinajstić information content (AvgIpc) is 2.45. The third-order valence-electron chi connectivity index (χ3n) is 3.43. The number of hydrogen-bond acceptors (Lipinski definition) is 2. The molecule has 116 valence electrons. The van der Waals surface area contributed by atoms with Crippen molar-refractivity contribution in [3.8, 4) is 0 Å². The van der Waals surface area contributed by atoms with Crippen LogP contribution in [0.5, 0.6) is 0 Å². The Hall–Kier alpha value is -2.04. The molecule has 1 rings (SSSR count). The second kappa shape index (κ2) is 8.29. The fourth-order valence-corrected chi connectivity index (χ4v) is 2.18. The second-order valence-corrected chi connectivity index (χ2v) is 5.09. The Morgan fingerprint density at radius 2 is 2.00 bits per heavy atom. The van der Waals surface area contributed by atoms with Crippen LogP contribution in [0.2, 0.25) is 0 Å². The number of aryl methyl sites for hydroxylation is 2. The topological polar surface area (TPSA) is 78.4 Å². The van der Waals surface area contributed by atoms with Crippen LogP contribution in [0.3, 0.4) is 0 Å². The first-order valence-electron chi connectivity index (χ1n) is 7.38. The summed E-state index contributed by atoms with van der Waals surface area (Å²) in [5, 5.41) is 14.4. The molecular formula is C16H24N2O3. The smallest absolute Gasteiger partial charge is 0.326 e. The number of urea groups is 1. The summed E-state index contributed by atoms with van der Waals surface area (Å²) in [6.07, 6.45) is 2.90. The van der Waals surface area contributed by atoms with Gasteiger partial charge in [0.25, 0.3) is 0 Å². The Balaban J connectivity index is 2.74. The maximum atomic E-state index is 12.0. The minimum atomic E-state index is -1.00. The first-order valence-corrected chi connectivity index (χ1v) is 7.38. The summed E-state index contributed by atoms with van der Waals surface area (Å²) in [5.74, 6) is -1.00. The van der Waals surface area contributed by atoms with E-state index < -0.39 is 18.0 Å². The number of nitrogens with one attached hydrogen (secondary N) is 2. The van der Waals surface area contributed by atoms with Crippen LogP contribution in [-0.2, 0) is 11.2 Å². The maximum Gasteiger partial charge on any atom is 0.326 e. The van der Waals surface area contributed by atoms with E-state index in [-0.39, 0.29) is 0 Å². The number of carboxylic acids is 1. The van der Waals surface area contributed by atoms with Crippen LogP contribution in [0.25, 0.3) is 0 Å². The standard InChI is InChI=1S/C16H24N2O3/c1-4-6-10-13(15(19)20)17-16(21)18-14-11(3)8-7-9-12(14)5-2/h7-9,13H,4-6,10H2,1-3H3,(H,19,20)(H2,17,18,21)/t13-/m0/s1. The first-order chi connectivity index (χ1) is 9.99. The highest BCUT2D eigenvalue weighted by atomic mass is 16.4. The number of rotatable bonds is 7. The van der Waals surface area contributed by atoms with Crippen LogP contribution in [0.4, 0.5) is 10.5 Å². The minimum Gasteiger partial charge on any atom is -0.480 e. The molecule has 0 saturated heterocycles. The highest BCUT2D eigenvalue weighted by Gasteiger charge is 2.19. The van der Waals surface area contributed by atoms with Gasteiger partial charge in [0, 0.05) is 5.69 Å². The number of amides is 2. The van der Waals surface area contributed by atoms with E-state index >= 15 is 0 Å². The van der Waals surface area contributed by atoms with Crippen LogP contribution in [0.1, 0.15) is 44.2 Å². The molecule has 2 amide bonds. The molecule has 3 N–H and O–H groups in total. The predicted octanol–water partition coefficient (Wildman–Crippen LogP) is 3.32. The number of anilines is 1. The summed E-state index contributed by atoms with van der Waals surface area (Å²) in [6, 6.07) is 4.49. The molecule has 0 aliphatic rings. The van der Waals surface area contributed by atoms with Crippen molar-refractivity contribution in [2.24, 2.45) is 0 Å². The summed E-state index contributed by atoms with van der Waals surface area (Å²) >= 11 is 0. The summed E-state index contributed by atoms with van der Waals surface area (Å²) < 4.78 is 0. The molecule has 0 aliphatic carbocycles. The van der Waals surface area contributed by atoms with Gasteiger partial charge in [-0.2, -0.15) is 0 Å². The largest absolute Gasteiger partial charge is 0.480 e. The number of aliphatic carboxylic acids is 1. The van der Waals surface area contributed by atoms with Gasteiger partial charge in [0.05, 0.1) is 0 Å². The summed E-state index contributed by atoms with van der Waals surface area (Å²) in [6.45, 7) is 5.92. The Morgan fingerprint density at radius 1 is 1.29 bits per heavy atom. The Kier molecular flexibility index (Phi) is 6.72. The van der Waals surface area contributed by atoms with E-state index in [0.717, 1.165) is 36.1 Å². The Bertz CT molecular complexity index is 500. The number of carboxylic acid groups (broad SMARTS) is 1. The zero-order chi connectivity index (χ0) is 15.8. The summed E-state index contributed by atoms with van der Waals surface area (Å²) in [4.78, 5) is 23.2. The van der Waals surface area contributed by atoms with Crippen molar-refractivity contribution in [1.82, 2.24) is 5.32 Å². The summed E-state index contributed by atoms with van der Waals surface area (Å²) in [7, 11) is 0. The van der Waals surface area contributed by atoms with Crippen molar-refractivity contribution in [3.05, 3.63) is 29.3 Å². The minimum absolute atomic E-state index is 0.438. The van der Waals surface area contributed by atoms with Gasteiger partial charge < -0.3 is 15.7 Å². The van der Waals surface area contributed by atoms with Gasteiger partial charge in [-0.25, -0.2) is 9.59 Å². The lowest BCUT2D eigenvalue weighted by Crippen LogP contribution is -2.43. The average molecular weight is 292 g/mol. The van der Waals surface area contributed by atoms with Crippen LogP contribution in [0, 0.1) is 6.92 Å². The van der Waals surface area contributed by atoms with Gasteiger partial charge in [-0.15, -0.1) is 0 Å². The van der Waals surface area contributed by atoms with E-state index in [0.29, 0.717) is 6.42 Å². The Morgan fingerprint density at radius 3 is 2.57 bits per heavy atom. The summed E-state index contributed by atoms with van der Waals surface area (Å²) in [5.41, 5.74) is 2.76. The highest BCUT2D eigenvalue weighted by molar-refractivity contribution is 5.93. The predicted molar refractivity (Wildman–Crippen MR) is 83.7 cm³/mol. The van der Waals surface area contributed by atoms with Crippen molar-refractivity contribution in [2.45, 2.75) is 52.5 Å². The lowest BCUT2D eigenvalue weighted by Gasteiger charge is -2.17. The molecule has 1 aromatic carbocycles. The van der Waals surface area contributed by atoms with Gasteiger partial charge >= 0.3 is 12.0 Å². The van der Waals surface area contributed by atoms with Crippen LogP contribution < -0.4 is 10.6 Å². The molecule has 0 unspecified atom stereocenters. The van der Waals surface area contributed by atoms with Crippen molar-refractivity contribution < 1.29 is 14.7 Å². The van der Waals surface area contributed by atoms with Crippen molar-refractivity contribution in [1.29, 1.82) is 0 Å². The zero-order valence-corrected chi connectivity index (χ0v) is 12.9. The van der Waals surface area contributed by atoms with E-state index in [2.05, 4.69) is 10.6 Å². The second-order valence-electron chi connectivity index (χ2n) is 5.09. The molecule has 0 spiro atoms. The molecule has 0 saturated carbocycles. The number of benzene rings is 1. The van der Waals surface area contributed by atoms with Crippen molar-refractivity contribution in [2.75, 3.05) is 5.32 Å². The first kappa shape index (κ1) is 17.0. The molecule has 0 aromatic heterocycles. The van der Waals surface area contributed by atoms with Crippen LogP contribution >= 0.6 is 0 Å². The van der Waals surface area contributed by atoms with Crippen molar-refractivity contribution >= 4 is 17.7 Å². The third-order valence-corrected chi connectivity index (χ3v) is 3.43. The molecule has 1 aromatic rings. The molecule has 1 atom stereocenters. The van der Waals surface area contributed by atoms with E-state index in [1.54, 1.807) is 0 Å². The van der Waals surface area contributed by atoms with E-state index in [1.165, 1.54) is 0 Å². The van der Waals surface area contributed by atoms with Crippen LogP contribution in [0.15, 0.2) is 18.2 Å². The highest BCUT2D eigenvalue weighted by Crippen LogP contribution is 2.20. The van der Waals surface area contributed by atoms with Gasteiger partial charge in [-0.05, 0) is 30.9 Å². The number of carbonyl (C=O) groups excluding carboxylic acids is 1. The number of hydrogen-bond donors (Lipinski definition) is 3. The molecule has 21 heavy (non-hydrogen) atoms. The van der Waals surface area contributed by atoms with Gasteiger partial charge in [-0.1, -0.05) is 44.9 Å². The van der Waals surface area contributed by atoms with Crippen LogP contribution in [-0.4, -0.2) is 23.1 Å². The normalized spacial score (nSPS) is 11.8.